The van der Waals surface area contributed by atoms with Crippen LogP contribution in [0.25, 0.3) is 44.2 Å². The van der Waals surface area contributed by atoms with Crippen LogP contribution in [-0.2, 0) is 35.1 Å². The fraction of sp³-hybridized carbons (Fsp3) is 0.489. The van der Waals surface area contributed by atoms with Gasteiger partial charge in [0.15, 0.2) is 0 Å². The molecule has 64 heavy (non-hydrogen) atoms. The van der Waals surface area contributed by atoms with Crippen LogP contribution in [0, 0.1) is 17.8 Å². The zero-order valence-electron chi connectivity index (χ0n) is 37.7. The van der Waals surface area contributed by atoms with Crippen LogP contribution in [0.4, 0.5) is 9.59 Å². The predicted octanol–water partition coefficient (Wildman–Crippen LogP) is 6.64. The molecular weight excluding hydrogens is 821 g/mol. The van der Waals surface area contributed by atoms with Gasteiger partial charge in [0.05, 0.1) is 61.9 Å². The van der Waals surface area contributed by atoms with E-state index in [1.807, 2.05) is 37.1 Å². The highest BCUT2D eigenvalue weighted by atomic mass is 16.5. The molecule has 4 N–H and O–H groups in total. The van der Waals surface area contributed by atoms with E-state index in [1.165, 1.54) is 21.3 Å². The second-order valence-electron chi connectivity index (χ2n) is 17.5. The first-order valence-electron chi connectivity index (χ1n) is 21.9. The first-order valence-corrected chi connectivity index (χ1v) is 21.9. The zero-order valence-corrected chi connectivity index (χ0v) is 37.7. The van der Waals surface area contributed by atoms with Gasteiger partial charge in [-0.1, -0.05) is 45.4 Å². The first-order chi connectivity index (χ1) is 30.8. The third kappa shape index (κ3) is 8.45. The van der Waals surface area contributed by atoms with Gasteiger partial charge in [-0.25, -0.2) is 19.6 Å². The molecule has 17 nitrogen and oxygen atoms in total. The summed E-state index contributed by atoms with van der Waals surface area (Å²) in [6.07, 6.45) is 1.93. The molecule has 2 saturated heterocycles. The van der Waals surface area contributed by atoms with Gasteiger partial charge >= 0.3 is 12.2 Å². The number of imidazole rings is 2. The van der Waals surface area contributed by atoms with E-state index in [1.54, 1.807) is 18.9 Å². The van der Waals surface area contributed by atoms with Crippen LogP contribution in [0.15, 0.2) is 48.7 Å². The normalized spacial score (nSPS) is 21.1. The van der Waals surface area contributed by atoms with Crippen molar-refractivity contribution < 1.29 is 42.9 Å². The number of rotatable bonds is 13. The second kappa shape index (κ2) is 18.5. The van der Waals surface area contributed by atoms with Gasteiger partial charge in [-0.05, 0) is 77.9 Å². The van der Waals surface area contributed by atoms with Crippen molar-refractivity contribution in [3.63, 3.8) is 0 Å². The van der Waals surface area contributed by atoms with Gasteiger partial charge in [0.25, 0.3) is 0 Å². The maximum absolute atomic E-state index is 14.1. The van der Waals surface area contributed by atoms with Gasteiger partial charge in [0.2, 0.25) is 11.8 Å². The van der Waals surface area contributed by atoms with Crippen molar-refractivity contribution >= 4 is 45.8 Å². The number of hydrogen-bond donors (Lipinski definition) is 4. The van der Waals surface area contributed by atoms with E-state index in [-0.39, 0.29) is 35.6 Å². The minimum Gasteiger partial charge on any atom is -0.488 e. The van der Waals surface area contributed by atoms with E-state index >= 15 is 0 Å². The number of alkyl carbamates (subject to hydrolysis) is 2. The summed E-state index contributed by atoms with van der Waals surface area (Å²) < 4.78 is 27.1. The molecule has 0 spiro atoms. The Balaban J connectivity index is 1.05. The van der Waals surface area contributed by atoms with Gasteiger partial charge in [-0.15, -0.1) is 0 Å². The fourth-order valence-corrected chi connectivity index (χ4v) is 9.54. The number of aromatic amines is 2. The van der Waals surface area contributed by atoms with E-state index in [2.05, 4.69) is 57.9 Å². The third-order valence-electron chi connectivity index (χ3n) is 13.3. The number of amides is 4. The SMILES string of the molecule is CC[C@H](C)C(NC(=O)OC)C(=O)N1C[C@@H](C)CC1c1ncc(-c2ccc3c(c2)COc2cc4c(ccc5[nH]c([C@@H]6CC(COC)CN6C(=O)C(NC(=O)OC)[C@@H](C)OC)nc54)cc2-3)[nH]1. The number of ether oxygens (including phenoxy) is 5. The molecule has 4 amide bonds. The largest absolute Gasteiger partial charge is 0.488 e. The monoisotopic (exact) mass is 878 g/mol. The molecule has 0 aliphatic carbocycles. The highest BCUT2D eigenvalue weighted by molar-refractivity contribution is 6.07. The molecule has 3 aromatic carbocycles. The summed E-state index contributed by atoms with van der Waals surface area (Å²) in [5.41, 5.74) is 6.43. The van der Waals surface area contributed by atoms with E-state index in [4.69, 9.17) is 33.7 Å². The summed E-state index contributed by atoms with van der Waals surface area (Å²) in [4.78, 5) is 73.1. The molecule has 3 aliphatic heterocycles. The lowest BCUT2D eigenvalue weighted by molar-refractivity contribution is -0.138. The average Bonchev–Trinajstić information content (AvgIpc) is 4.14. The van der Waals surface area contributed by atoms with Gasteiger partial charge in [-0.2, -0.15) is 0 Å². The van der Waals surface area contributed by atoms with Crippen molar-refractivity contribution in [3.8, 4) is 28.1 Å². The number of nitrogens with one attached hydrogen (secondary N) is 4. The topological polar surface area (TPSA) is 202 Å². The Hall–Kier alpha value is -6.20. The minimum atomic E-state index is -0.971. The quantitative estimate of drug-likeness (QED) is 0.0988. The molecule has 17 heteroatoms. The van der Waals surface area contributed by atoms with Crippen molar-refractivity contribution in [1.82, 2.24) is 40.4 Å². The Kier molecular flexibility index (Phi) is 12.8. The Labute approximate surface area is 371 Å². The number of H-pyrrole nitrogens is 2. The van der Waals surface area contributed by atoms with Crippen molar-refractivity contribution in [2.45, 2.75) is 83.8 Å². The Morgan fingerprint density at radius 3 is 2.30 bits per heavy atom. The zero-order chi connectivity index (χ0) is 45.4. The van der Waals surface area contributed by atoms with Gasteiger partial charge in [-0.3, -0.25) is 9.59 Å². The molecule has 8 rings (SSSR count). The molecule has 3 aliphatic rings. The number of hydrogen-bond acceptors (Lipinski definition) is 11. The lowest BCUT2D eigenvalue weighted by Crippen LogP contribution is -2.54. The van der Waals surface area contributed by atoms with Crippen molar-refractivity contribution in [3.05, 3.63) is 65.9 Å². The summed E-state index contributed by atoms with van der Waals surface area (Å²) in [7, 11) is 5.69. The molecule has 0 radical (unpaired) electrons. The maximum atomic E-state index is 14.1. The molecule has 0 saturated carbocycles. The number of carbonyl (C=O) groups excluding carboxylic acids is 4. The number of methoxy groups -OCH3 is 4. The molecular formula is C47H58N8O9. The predicted molar refractivity (Wildman–Crippen MR) is 238 cm³/mol. The van der Waals surface area contributed by atoms with E-state index in [0.717, 1.165) is 61.9 Å². The van der Waals surface area contributed by atoms with Crippen LogP contribution in [0.2, 0.25) is 0 Å². The number of likely N-dealkylation sites (tertiary alicyclic amines) is 2. The number of aromatic nitrogens is 4. The van der Waals surface area contributed by atoms with Gasteiger partial charge < -0.3 is 54.1 Å². The van der Waals surface area contributed by atoms with Gasteiger partial charge in [0.1, 0.15) is 36.1 Å². The Bertz CT molecular complexity index is 2560. The molecule has 2 aromatic heterocycles. The van der Waals surface area contributed by atoms with E-state index < -0.39 is 36.4 Å². The highest BCUT2D eigenvalue weighted by Crippen LogP contribution is 2.44. The Morgan fingerprint density at radius 1 is 0.859 bits per heavy atom. The molecule has 8 atom stereocenters. The van der Waals surface area contributed by atoms with Crippen LogP contribution < -0.4 is 15.4 Å². The number of carbonyl (C=O) groups is 4. The van der Waals surface area contributed by atoms with Crippen LogP contribution in [0.5, 0.6) is 5.75 Å². The van der Waals surface area contributed by atoms with Gasteiger partial charge in [0, 0.05) is 44.2 Å². The fourth-order valence-electron chi connectivity index (χ4n) is 9.54. The van der Waals surface area contributed by atoms with Crippen LogP contribution >= 0.6 is 0 Å². The second-order valence-corrected chi connectivity index (χ2v) is 17.5. The molecule has 4 unspecified atom stereocenters. The molecule has 0 bridgehead atoms. The number of nitrogens with zero attached hydrogens (tertiary/aromatic N) is 4. The molecule has 5 heterocycles. The smallest absolute Gasteiger partial charge is 0.407 e. The van der Waals surface area contributed by atoms with E-state index in [9.17, 15) is 19.2 Å². The van der Waals surface area contributed by atoms with Crippen LogP contribution in [0.3, 0.4) is 0 Å². The standard InChI is InChI=1S/C47H58N8O9/c1-9-25(3)39(52-46(58)62-7)44(56)54-20-24(2)14-36(54)42-48-19-35(50-42)29-10-12-31-30(16-29)23-64-38-18-32-28(17-33(31)38)11-13-34-41(32)51-43(49-34)37-15-27(22-60-5)21-55(37)45(57)40(26(4)61-6)53-47(59)63-8/h10-13,16-19,24-27,36-37,39-40H,9,14-15,20-23H2,1-8H3,(H,48,50)(H,49,51)(H,52,58)(H,53,59)/t24-,25-,26+,27?,36?,37-,39?,40?/m0/s1. The van der Waals surface area contributed by atoms with Crippen LogP contribution in [-0.4, -0.2) is 120 Å². The van der Waals surface area contributed by atoms with Crippen molar-refractivity contribution in [2.75, 3.05) is 48.1 Å². The van der Waals surface area contributed by atoms with Crippen LogP contribution in [0.1, 0.15) is 76.3 Å². The minimum absolute atomic E-state index is 0.0552. The van der Waals surface area contributed by atoms with E-state index in [0.29, 0.717) is 50.8 Å². The molecule has 5 aromatic rings. The average molecular weight is 879 g/mol. The summed E-state index contributed by atoms with van der Waals surface area (Å²) in [6.45, 7) is 9.61. The third-order valence-corrected chi connectivity index (χ3v) is 13.3. The summed E-state index contributed by atoms with van der Waals surface area (Å²) >= 11 is 0. The number of benzene rings is 3. The maximum Gasteiger partial charge on any atom is 0.407 e. The van der Waals surface area contributed by atoms with Crippen molar-refractivity contribution in [1.29, 1.82) is 0 Å². The summed E-state index contributed by atoms with van der Waals surface area (Å²) in [5.74, 6) is 1.88. The lowest BCUT2D eigenvalue weighted by Gasteiger charge is -2.30. The molecule has 2 fully saturated rings. The number of fused-ring (bicyclic) bond motifs is 6. The Morgan fingerprint density at radius 2 is 1.58 bits per heavy atom. The summed E-state index contributed by atoms with van der Waals surface area (Å²) in [5, 5.41) is 7.33. The lowest BCUT2D eigenvalue weighted by atomic mass is 9.92. The summed E-state index contributed by atoms with van der Waals surface area (Å²) in [6, 6.07) is 12.2. The first kappa shape index (κ1) is 44.4. The van der Waals surface area contributed by atoms with Crippen molar-refractivity contribution in [2.24, 2.45) is 17.8 Å². The highest BCUT2D eigenvalue weighted by Gasteiger charge is 2.43. The molecule has 340 valence electrons.